The molecule has 7 heteroatoms. The SMILES string of the molecule is CC(Br)(CN=[N+]=[N-])C1=Nc2ccccc2C(c2ccccc2)(C2(Br)CC2)O1. The lowest BCUT2D eigenvalue weighted by Crippen LogP contribution is -2.49. The van der Waals surface area contributed by atoms with Crippen LogP contribution in [0.2, 0.25) is 0 Å². The Morgan fingerprint density at radius 3 is 2.52 bits per heavy atom. The third kappa shape index (κ3) is 2.98. The summed E-state index contributed by atoms with van der Waals surface area (Å²) in [5.41, 5.74) is 11.0. The van der Waals surface area contributed by atoms with Crippen LogP contribution in [0.3, 0.4) is 0 Å². The molecule has 1 saturated carbocycles. The molecule has 27 heavy (non-hydrogen) atoms. The van der Waals surface area contributed by atoms with E-state index < -0.39 is 9.93 Å². The average molecular weight is 490 g/mol. The van der Waals surface area contributed by atoms with Crippen molar-refractivity contribution in [2.75, 3.05) is 6.54 Å². The molecule has 0 bridgehead atoms. The number of para-hydroxylation sites is 1. The molecule has 2 aromatic carbocycles. The molecule has 0 spiro atoms. The molecule has 1 heterocycles. The van der Waals surface area contributed by atoms with Gasteiger partial charge in [0.1, 0.15) is 4.32 Å². The van der Waals surface area contributed by atoms with Crippen molar-refractivity contribution in [3.05, 3.63) is 76.2 Å². The molecule has 0 aromatic heterocycles. The first-order valence-corrected chi connectivity index (χ1v) is 10.3. The lowest BCUT2D eigenvalue weighted by atomic mass is 9.80. The lowest BCUT2D eigenvalue weighted by Gasteiger charge is -2.45. The van der Waals surface area contributed by atoms with Gasteiger partial charge in [0.15, 0.2) is 5.60 Å². The van der Waals surface area contributed by atoms with Gasteiger partial charge < -0.3 is 4.74 Å². The largest absolute Gasteiger partial charge is 0.462 e. The highest BCUT2D eigenvalue weighted by Crippen LogP contribution is 2.64. The van der Waals surface area contributed by atoms with E-state index in [1.54, 1.807) is 0 Å². The van der Waals surface area contributed by atoms with Gasteiger partial charge >= 0.3 is 0 Å². The molecular formula is C20H18Br2N4O. The molecule has 0 radical (unpaired) electrons. The van der Waals surface area contributed by atoms with Gasteiger partial charge in [-0.1, -0.05) is 85.5 Å². The highest BCUT2D eigenvalue weighted by molar-refractivity contribution is 9.10. The van der Waals surface area contributed by atoms with Crippen LogP contribution in [0, 0.1) is 0 Å². The van der Waals surface area contributed by atoms with E-state index in [1.807, 2.05) is 43.3 Å². The predicted octanol–water partition coefficient (Wildman–Crippen LogP) is 6.38. The Morgan fingerprint density at radius 1 is 1.19 bits per heavy atom. The van der Waals surface area contributed by atoms with Crippen LogP contribution in [0.25, 0.3) is 10.4 Å². The van der Waals surface area contributed by atoms with Gasteiger partial charge in [0.2, 0.25) is 5.90 Å². The normalized spacial score (nSPS) is 24.5. The van der Waals surface area contributed by atoms with Crippen LogP contribution in [0.5, 0.6) is 0 Å². The molecule has 138 valence electrons. The van der Waals surface area contributed by atoms with Crippen LogP contribution in [0.1, 0.15) is 30.9 Å². The fourth-order valence-corrected chi connectivity index (χ4v) is 4.60. The predicted molar refractivity (Wildman–Crippen MR) is 114 cm³/mol. The topological polar surface area (TPSA) is 70.4 Å². The number of fused-ring (bicyclic) bond motifs is 1. The van der Waals surface area contributed by atoms with Crippen molar-refractivity contribution in [2.45, 2.75) is 34.0 Å². The van der Waals surface area contributed by atoms with E-state index in [1.165, 1.54) is 0 Å². The lowest BCUT2D eigenvalue weighted by molar-refractivity contribution is 0.0772. The Bertz CT molecular complexity index is 949. The van der Waals surface area contributed by atoms with E-state index in [-0.39, 0.29) is 10.9 Å². The molecular weight excluding hydrogens is 472 g/mol. The number of rotatable bonds is 5. The molecule has 4 rings (SSSR count). The van der Waals surface area contributed by atoms with Crippen LogP contribution in [0.15, 0.2) is 64.7 Å². The number of aliphatic imine (C=N–C) groups is 1. The van der Waals surface area contributed by atoms with E-state index in [0.717, 1.165) is 29.7 Å². The van der Waals surface area contributed by atoms with Crippen molar-refractivity contribution in [1.82, 2.24) is 0 Å². The van der Waals surface area contributed by atoms with Gasteiger partial charge in [-0.25, -0.2) is 4.99 Å². The van der Waals surface area contributed by atoms with Crippen molar-refractivity contribution in [1.29, 1.82) is 0 Å². The Labute approximate surface area is 174 Å². The Hall–Kier alpha value is -1.82. The van der Waals surface area contributed by atoms with Crippen LogP contribution >= 0.6 is 31.9 Å². The summed E-state index contributed by atoms with van der Waals surface area (Å²) in [7, 11) is 0. The second kappa shape index (κ2) is 6.66. The minimum absolute atomic E-state index is 0.199. The second-order valence-corrected chi connectivity index (χ2v) is 10.4. The molecule has 1 aliphatic heterocycles. The second-order valence-electron chi connectivity index (χ2n) is 7.14. The standard InChI is InChI=1S/C20H18Br2N4O/c1-18(21,13-24-26-23)17-25-16-10-6-5-9-15(16)20(27-17,19(22)11-12-19)14-7-3-2-4-8-14/h2-10H,11-13H2,1H3. The summed E-state index contributed by atoms with van der Waals surface area (Å²) in [6.07, 6.45) is 2.00. The van der Waals surface area contributed by atoms with Crippen molar-refractivity contribution < 1.29 is 4.74 Å². The van der Waals surface area contributed by atoms with Crippen molar-refractivity contribution in [2.24, 2.45) is 10.1 Å². The maximum atomic E-state index is 8.75. The third-order valence-electron chi connectivity index (χ3n) is 5.13. The Kier molecular flexibility index (Phi) is 4.57. The van der Waals surface area contributed by atoms with Crippen LogP contribution < -0.4 is 0 Å². The van der Waals surface area contributed by atoms with E-state index in [9.17, 15) is 0 Å². The maximum absolute atomic E-state index is 8.75. The van der Waals surface area contributed by atoms with Crippen molar-refractivity contribution in [3.8, 4) is 0 Å². The zero-order valence-corrected chi connectivity index (χ0v) is 17.9. The first-order valence-electron chi connectivity index (χ1n) is 8.75. The maximum Gasteiger partial charge on any atom is 0.207 e. The van der Waals surface area contributed by atoms with Gasteiger partial charge in [-0.05, 0) is 31.4 Å². The minimum Gasteiger partial charge on any atom is -0.462 e. The van der Waals surface area contributed by atoms with Crippen molar-refractivity contribution in [3.63, 3.8) is 0 Å². The molecule has 2 aromatic rings. The highest BCUT2D eigenvalue weighted by Gasteiger charge is 2.64. The molecule has 2 aliphatic rings. The summed E-state index contributed by atoms with van der Waals surface area (Å²) >= 11 is 7.66. The summed E-state index contributed by atoms with van der Waals surface area (Å²) in [6.45, 7) is 2.11. The van der Waals surface area contributed by atoms with Crippen LogP contribution in [-0.2, 0) is 10.3 Å². The van der Waals surface area contributed by atoms with Gasteiger partial charge in [-0.2, -0.15) is 0 Å². The summed E-state index contributed by atoms with van der Waals surface area (Å²) in [5, 5.41) is 3.73. The first-order chi connectivity index (χ1) is 12.9. The van der Waals surface area contributed by atoms with Crippen LogP contribution in [-0.4, -0.2) is 21.1 Å². The average Bonchev–Trinajstić information content (AvgIpc) is 3.45. The molecule has 1 aliphatic carbocycles. The smallest absolute Gasteiger partial charge is 0.207 e. The number of halogens is 2. The summed E-state index contributed by atoms with van der Waals surface area (Å²) < 4.78 is 5.84. The van der Waals surface area contributed by atoms with E-state index >= 15 is 0 Å². The zero-order valence-electron chi connectivity index (χ0n) is 14.8. The number of benzene rings is 2. The quantitative estimate of drug-likeness (QED) is 0.208. The van der Waals surface area contributed by atoms with Gasteiger partial charge in [0.25, 0.3) is 0 Å². The number of azide groups is 1. The number of alkyl halides is 2. The summed E-state index contributed by atoms with van der Waals surface area (Å²) in [5.74, 6) is 0.517. The number of hydrogen-bond donors (Lipinski definition) is 0. The molecule has 0 N–H and O–H groups in total. The molecule has 0 saturated heterocycles. The number of hydrogen-bond acceptors (Lipinski definition) is 3. The van der Waals surface area contributed by atoms with Crippen molar-refractivity contribution >= 4 is 43.4 Å². The Balaban J connectivity index is 1.95. The number of nitrogens with zero attached hydrogens (tertiary/aromatic N) is 4. The molecule has 1 fully saturated rings. The third-order valence-corrected chi connectivity index (χ3v) is 7.07. The van der Waals surface area contributed by atoms with E-state index in [4.69, 9.17) is 15.3 Å². The molecule has 2 atom stereocenters. The monoisotopic (exact) mass is 488 g/mol. The highest BCUT2D eigenvalue weighted by atomic mass is 79.9. The van der Waals surface area contributed by atoms with Gasteiger partial charge in [0, 0.05) is 22.6 Å². The summed E-state index contributed by atoms with van der Waals surface area (Å²) in [4.78, 5) is 7.67. The van der Waals surface area contributed by atoms with E-state index in [2.05, 4.69) is 60.1 Å². The molecule has 5 nitrogen and oxygen atoms in total. The molecule has 2 unspecified atom stereocenters. The Morgan fingerprint density at radius 2 is 1.85 bits per heavy atom. The van der Waals surface area contributed by atoms with E-state index in [0.29, 0.717) is 5.90 Å². The summed E-state index contributed by atoms with van der Waals surface area (Å²) in [6, 6.07) is 18.3. The van der Waals surface area contributed by atoms with Gasteiger partial charge in [0.05, 0.1) is 10.0 Å². The minimum atomic E-state index is -0.703. The van der Waals surface area contributed by atoms with Crippen LogP contribution in [0.4, 0.5) is 5.69 Å². The fraction of sp³-hybridized carbons (Fsp3) is 0.350. The van der Waals surface area contributed by atoms with Gasteiger partial charge in [-0.15, -0.1) is 0 Å². The zero-order chi connectivity index (χ0) is 19.1. The van der Waals surface area contributed by atoms with Gasteiger partial charge in [-0.3, -0.25) is 0 Å². The molecule has 0 amide bonds. The first kappa shape index (κ1) is 18.5. The fourth-order valence-electron chi connectivity index (χ4n) is 3.60. The number of ether oxygens (including phenoxy) is 1.